The first-order valence-corrected chi connectivity index (χ1v) is 7.41. The molecule has 0 N–H and O–H groups in total. The van der Waals surface area contributed by atoms with Crippen molar-refractivity contribution in [2.24, 2.45) is 0 Å². The van der Waals surface area contributed by atoms with Crippen molar-refractivity contribution < 1.29 is 9.53 Å². The van der Waals surface area contributed by atoms with Gasteiger partial charge in [0.15, 0.2) is 0 Å². The second-order valence-electron chi connectivity index (χ2n) is 5.08. The summed E-state index contributed by atoms with van der Waals surface area (Å²) < 4.78 is 5.10. The van der Waals surface area contributed by atoms with E-state index in [0.717, 1.165) is 24.2 Å². The van der Waals surface area contributed by atoms with Gasteiger partial charge in [0.05, 0.1) is 7.11 Å². The maximum atomic E-state index is 11.8. The Balaban J connectivity index is 2.16. The van der Waals surface area contributed by atoms with E-state index in [1.165, 1.54) is 32.1 Å². The number of rotatable bonds is 10. The second-order valence-corrected chi connectivity index (χ2v) is 5.08. The molecule has 0 bridgehead atoms. The van der Waals surface area contributed by atoms with Gasteiger partial charge in [-0.05, 0) is 24.1 Å². The van der Waals surface area contributed by atoms with E-state index >= 15 is 0 Å². The first-order valence-electron chi connectivity index (χ1n) is 7.41. The smallest absolute Gasteiger partial charge is 0.137 e. The van der Waals surface area contributed by atoms with Crippen LogP contribution in [0.4, 0.5) is 0 Å². The van der Waals surface area contributed by atoms with Crippen molar-refractivity contribution in [2.45, 2.75) is 58.3 Å². The molecule has 0 spiro atoms. The van der Waals surface area contributed by atoms with Gasteiger partial charge < -0.3 is 4.74 Å². The number of unbranched alkanes of at least 4 members (excludes halogenated alkanes) is 5. The molecule has 106 valence electrons. The van der Waals surface area contributed by atoms with Crippen LogP contribution in [0.15, 0.2) is 24.3 Å². The zero-order valence-electron chi connectivity index (χ0n) is 12.3. The predicted octanol–water partition coefficient (Wildman–Crippen LogP) is 4.56. The Morgan fingerprint density at radius 3 is 2.26 bits per heavy atom. The van der Waals surface area contributed by atoms with E-state index in [9.17, 15) is 4.79 Å². The first-order chi connectivity index (χ1) is 9.26. The zero-order chi connectivity index (χ0) is 13.9. The summed E-state index contributed by atoms with van der Waals surface area (Å²) in [6.45, 7) is 2.22. The molecule has 2 nitrogen and oxygen atoms in total. The highest BCUT2D eigenvalue weighted by molar-refractivity contribution is 5.80. The minimum atomic E-state index is 0.348. The summed E-state index contributed by atoms with van der Waals surface area (Å²) in [4.78, 5) is 11.8. The highest BCUT2D eigenvalue weighted by atomic mass is 16.5. The minimum absolute atomic E-state index is 0.348. The molecule has 0 saturated carbocycles. The summed E-state index contributed by atoms with van der Waals surface area (Å²) >= 11 is 0. The highest BCUT2D eigenvalue weighted by Crippen LogP contribution is 2.13. The summed E-state index contributed by atoms with van der Waals surface area (Å²) in [5.41, 5.74) is 1.08. The number of methoxy groups -OCH3 is 1. The molecule has 19 heavy (non-hydrogen) atoms. The van der Waals surface area contributed by atoms with Crippen LogP contribution in [0.3, 0.4) is 0 Å². The summed E-state index contributed by atoms with van der Waals surface area (Å²) in [7, 11) is 1.65. The van der Waals surface area contributed by atoms with E-state index in [0.29, 0.717) is 12.2 Å². The molecule has 0 fully saturated rings. The lowest BCUT2D eigenvalue weighted by molar-refractivity contribution is -0.118. The van der Waals surface area contributed by atoms with Gasteiger partial charge in [-0.3, -0.25) is 4.79 Å². The lowest BCUT2D eigenvalue weighted by Crippen LogP contribution is -2.02. The molecule has 1 rings (SSSR count). The van der Waals surface area contributed by atoms with Crippen LogP contribution in [-0.2, 0) is 11.2 Å². The normalized spacial score (nSPS) is 10.4. The van der Waals surface area contributed by atoms with Gasteiger partial charge in [-0.1, -0.05) is 51.2 Å². The minimum Gasteiger partial charge on any atom is -0.497 e. The van der Waals surface area contributed by atoms with Crippen molar-refractivity contribution in [2.75, 3.05) is 7.11 Å². The van der Waals surface area contributed by atoms with Crippen LogP contribution in [0.2, 0.25) is 0 Å². The van der Waals surface area contributed by atoms with Crippen LogP contribution in [-0.4, -0.2) is 12.9 Å². The average molecular weight is 262 g/mol. The lowest BCUT2D eigenvalue weighted by Gasteiger charge is -2.04. The average Bonchev–Trinajstić information content (AvgIpc) is 2.43. The lowest BCUT2D eigenvalue weighted by atomic mass is 10.0. The summed E-state index contributed by atoms with van der Waals surface area (Å²) in [6, 6.07) is 7.76. The van der Waals surface area contributed by atoms with Crippen LogP contribution in [0.5, 0.6) is 5.75 Å². The number of ether oxygens (including phenoxy) is 1. The number of benzene rings is 1. The number of hydrogen-bond donors (Lipinski definition) is 0. The highest BCUT2D eigenvalue weighted by Gasteiger charge is 2.04. The van der Waals surface area contributed by atoms with Crippen LogP contribution in [0.1, 0.15) is 57.4 Å². The summed E-state index contributed by atoms with van der Waals surface area (Å²) in [5.74, 6) is 1.19. The van der Waals surface area contributed by atoms with Crippen molar-refractivity contribution in [1.29, 1.82) is 0 Å². The summed E-state index contributed by atoms with van der Waals surface area (Å²) in [6.07, 6.45) is 8.67. The first kappa shape index (κ1) is 15.7. The Morgan fingerprint density at radius 2 is 1.63 bits per heavy atom. The third-order valence-corrected chi connectivity index (χ3v) is 3.37. The molecule has 0 saturated heterocycles. The molecule has 0 amide bonds. The Labute approximate surface area is 117 Å². The van der Waals surface area contributed by atoms with Gasteiger partial charge in [0, 0.05) is 12.8 Å². The molecule has 1 aromatic carbocycles. The topological polar surface area (TPSA) is 26.3 Å². The van der Waals surface area contributed by atoms with Crippen LogP contribution in [0.25, 0.3) is 0 Å². The molecule has 0 heterocycles. The molecule has 0 aliphatic carbocycles. The molecule has 0 aromatic heterocycles. The van der Waals surface area contributed by atoms with Gasteiger partial charge in [0.2, 0.25) is 0 Å². The fourth-order valence-corrected chi connectivity index (χ4v) is 2.16. The van der Waals surface area contributed by atoms with Gasteiger partial charge in [0.1, 0.15) is 11.5 Å². The standard InChI is InChI=1S/C17H26O2/c1-3-4-5-6-7-8-9-16(18)14-15-10-12-17(19-2)13-11-15/h10-13H,3-9,14H2,1-2H3. The van der Waals surface area contributed by atoms with Crippen LogP contribution >= 0.6 is 0 Å². The third kappa shape index (κ3) is 7.00. The van der Waals surface area contributed by atoms with Gasteiger partial charge >= 0.3 is 0 Å². The monoisotopic (exact) mass is 262 g/mol. The molecular formula is C17H26O2. The quantitative estimate of drug-likeness (QED) is 0.578. The van der Waals surface area contributed by atoms with Gasteiger partial charge in [-0.2, -0.15) is 0 Å². The zero-order valence-corrected chi connectivity index (χ0v) is 12.3. The molecule has 0 unspecified atom stereocenters. The number of hydrogen-bond acceptors (Lipinski definition) is 2. The van der Waals surface area contributed by atoms with E-state index in [4.69, 9.17) is 4.74 Å². The van der Waals surface area contributed by atoms with E-state index in [1.807, 2.05) is 24.3 Å². The number of ketones is 1. The maximum Gasteiger partial charge on any atom is 0.137 e. The maximum absolute atomic E-state index is 11.8. The van der Waals surface area contributed by atoms with Crippen molar-refractivity contribution in [1.82, 2.24) is 0 Å². The fraction of sp³-hybridized carbons (Fsp3) is 0.588. The third-order valence-electron chi connectivity index (χ3n) is 3.37. The number of carbonyl (C=O) groups excluding carboxylic acids is 1. The largest absolute Gasteiger partial charge is 0.497 e. The number of carbonyl (C=O) groups is 1. The molecule has 0 atom stereocenters. The Morgan fingerprint density at radius 1 is 1.00 bits per heavy atom. The SMILES string of the molecule is CCCCCCCCC(=O)Cc1ccc(OC)cc1. The molecule has 0 aliphatic rings. The van der Waals surface area contributed by atoms with Gasteiger partial charge in [0.25, 0.3) is 0 Å². The van der Waals surface area contributed by atoms with Crippen LogP contribution in [0, 0.1) is 0 Å². The molecular weight excluding hydrogens is 236 g/mol. The molecule has 1 aromatic rings. The Kier molecular flexibility index (Phi) is 7.95. The van der Waals surface area contributed by atoms with E-state index < -0.39 is 0 Å². The van der Waals surface area contributed by atoms with Crippen molar-refractivity contribution >= 4 is 5.78 Å². The van der Waals surface area contributed by atoms with E-state index in [-0.39, 0.29) is 0 Å². The van der Waals surface area contributed by atoms with Gasteiger partial charge in [-0.25, -0.2) is 0 Å². The van der Waals surface area contributed by atoms with Crippen molar-refractivity contribution in [3.63, 3.8) is 0 Å². The van der Waals surface area contributed by atoms with Crippen molar-refractivity contribution in [3.8, 4) is 5.75 Å². The fourth-order valence-electron chi connectivity index (χ4n) is 2.16. The molecule has 0 radical (unpaired) electrons. The Hall–Kier alpha value is -1.31. The number of Topliss-reactive ketones (excluding diaryl/α,β-unsaturated/α-hetero) is 1. The van der Waals surface area contributed by atoms with Gasteiger partial charge in [-0.15, -0.1) is 0 Å². The molecule has 2 heteroatoms. The van der Waals surface area contributed by atoms with Crippen LogP contribution < -0.4 is 4.74 Å². The van der Waals surface area contributed by atoms with E-state index in [2.05, 4.69) is 6.92 Å². The van der Waals surface area contributed by atoms with E-state index in [1.54, 1.807) is 7.11 Å². The summed E-state index contributed by atoms with van der Waals surface area (Å²) in [5, 5.41) is 0. The Bertz CT molecular complexity index is 354. The molecule has 0 aliphatic heterocycles. The van der Waals surface area contributed by atoms with Crippen molar-refractivity contribution in [3.05, 3.63) is 29.8 Å². The predicted molar refractivity (Wildman–Crippen MR) is 79.7 cm³/mol. The second kappa shape index (κ2) is 9.60.